The molecule has 5 aromatic rings. The van der Waals surface area contributed by atoms with Crippen molar-refractivity contribution in [2.45, 2.75) is 13.8 Å². The van der Waals surface area contributed by atoms with E-state index in [-0.39, 0.29) is 6.03 Å². The van der Waals surface area contributed by atoms with Crippen LogP contribution in [0.2, 0.25) is 0 Å². The number of hydrogen-bond acceptors (Lipinski definition) is 8. The van der Waals surface area contributed by atoms with Gasteiger partial charge in [0, 0.05) is 30.2 Å². The van der Waals surface area contributed by atoms with Crippen molar-refractivity contribution in [1.82, 2.24) is 40.2 Å². The molecule has 0 aliphatic heterocycles. The summed E-state index contributed by atoms with van der Waals surface area (Å²) in [4.78, 5) is 24.7. The number of hydrogen-bond donors (Lipinski definition) is 3. The zero-order chi connectivity index (χ0) is 25.6. The van der Waals surface area contributed by atoms with Gasteiger partial charge in [0.15, 0.2) is 5.65 Å². The molecule has 11 nitrogen and oxygen atoms in total. The van der Waals surface area contributed by atoms with E-state index in [9.17, 15) is 4.79 Å². The fourth-order valence-electron chi connectivity index (χ4n) is 3.70. The monoisotopic (exact) mass is 495 g/mol. The van der Waals surface area contributed by atoms with Gasteiger partial charge in [-0.1, -0.05) is 18.2 Å². The van der Waals surface area contributed by atoms with Crippen LogP contribution in [0.25, 0.3) is 22.6 Å². The van der Waals surface area contributed by atoms with Crippen LogP contribution >= 0.6 is 0 Å². The van der Waals surface area contributed by atoms with Crippen molar-refractivity contribution in [1.29, 1.82) is 0 Å². The number of urea groups is 1. The van der Waals surface area contributed by atoms with Crippen LogP contribution in [0, 0.1) is 6.92 Å². The van der Waals surface area contributed by atoms with E-state index in [1.165, 1.54) is 6.33 Å². The van der Waals surface area contributed by atoms with Crippen molar-refractivity contribution in [2.24, 2.45) is 0 Å². The molecule has 0 bridgehead atoms. The van der Waals surface area contributed by atoms with Crippen molar-refractivity contribution in [3.63, 3.8) is 0 Å². The maximum Gasteiger partial charge on any atom is 0.315 e. The molecule has 11 heteroatoms. The Labute approximate surface area is 212 Å². The Bertz CT molecular complexity index is 1600. The maximum atomic E-state index is 11.5. The zero-order valence-corrected chi connectivity index (χ0v) is 20.3. The summed E-state index contributed by atoms with van der Waals surface area (Å²) in [6, 6.07) is 13.3. The van der Waals surface area contributed by atoms with Gasteiger partial charge in [-0.3, -0.25) is 4.40 Å². The van der Waals surface area contributed by atoms with Gasteiger partial charge in [0.2, 0.25) is 5.88 Å². The predicted molar refractivity (Wildman–Crippen MR) is 141 cm³/mol. The number of fused-ring (bicyclic) bond motifs is 2. The number of amides is 2. The first-order valence-electron chi connectivity index (χ1n) is 11.7. The molecule has 3 N–H and O–H groups in total. The molecule has 0 spiro atoms. The Hall–Kier alpha value is -5.06. The molecule has 0 radical (unpaired) electrons. The zero-order valence-electron chi connectivity index (χ0n) is 20.3. The number of nitrogens with zero attached hydrogens (tertiary/aromatic N) is 6. The van der Waals surface area contributed by atoms with E-state index >= 15 is 0 Å². The SMILES string of the molecule is CCNC(=O)NC/C=C/c1ccc2ncnc(Nc3ccc(Oc4cc5nncn5cn4)c(C)c3)c2c1. The van der Waals surface area contributed by atoms with Crippen molar-refractivity contribution in [3.8, 4) is 11.6 Å². The first kappa shape index (κ1) is 23.7. The maximum absolute atomic E-state index is 11.5. The van der Waals surface area contributed by atoms with Crippen LogP contribution < -0.4 is 20.7 Å². The fraction of sp³-hybridized carbons (Fsp3) is 0.154. The largest absolute Gasteiger partial charge is 0.439 e. The Morgan fingerprint density at radius 2 is 1.97 bits per heavy atom. The second-order valence-electron chi connectivity index (χ2n) is 8.17. The van der Waals surface area contributed by atoms with Gasteiger partial charge in [-0.05, 0) is 55.3 Å². The number of aromatic nitrogens is 6. The van der Waals surface area contributed by atoms with E-state index in [0.29, 0.717) is 36.2 Å². The number of anilines is 2. The molecule has 0 atom stereocenters. The summed E-state index contributed by atoms with van der Waals surface area (Å²) in [5.74, 6) is 1.81. The molecular formula is C26H25N9O2. The number of benzene rings is 2. The smallest absolute Gasteiger partial charge is 0.315 e. The summed E-state index contributed by atoms with van der Waals surface area (Å²) in [5, 5.41) is 17.6. The van der Waals surface area contributed by atoms with Crippen molar-refractivity contribution < 1.29 is 9.53 Å². The molecule has 0 saturated carbocycles. The average molecular weight is 496 g/mol. The van der Waals surface area contributed by atoms with Crippen LogP contribution in [-0.4, -0.2) is 48.7 Å². The average Bonchev–Trinajstić information content (AvgIpc) is 3.37. The molecule has 0 aliphatic carbocycles. The second-order valence-corrected chi connectivity index (χ2v) is 8.17. The van der Waals surface area contributed by atoms with E-state index < -0.39 is 0 Å². The Morgan fingerprint density at radius 3 is 2.84 bits per heavy atom. The highest BCUT2D eigenvalue weighted by atomic mass is 16.5. The fourth-order valence-corrected chi connectivity index (χ4v) is 3.70. The van der Waals surface area contributed by atoms with E-state index in [4.69, 9.17) is 4.74 Å². The van der Waals surface area contributed by atoms with Crippen LogP contribution in [0.1, 0.15) is 18.1 Å². The molecule has 0 fully saturated rings. The van der Waals surface area contributed by atoms with Gasteiger partial charge in [-0.15, -0.1) is 10.2 Å². The molecule has 186 valence electrons. The van der Waals surface area contributed by atoms with E-state index in [1.54, 1.807) is 23.1 Å². The minimum atomic E-state index is -0.190. The van der Waals surface area contributed by atoms with E-state index in [2.05, 4.69) is 41.1 Å². The normalized spacial score (nSPS) is 11.2. The lowest BCUT2D eigenvalue weighted by atomic mass is 10.1. The molecule has 2 amide bonds. The number of carbonyl (C=O) groups excluding carboxylic acids is 1. The third-order valence-electron chi connectivity index (χ3n) is 5.50. The van der Waals surface area contributed by atoms with Crippen LogP contribution in [0.3, 0.4) is 0 Å². The van der Waals surface area contributed by atoms with Gasteiger partial charge in [-0.25, -0.2) is 19.7 Å². The van der Waals surface area contributed by atoms with Crippen LogP contribution in [0.4, 0.5) is 16.3 Å². The summed E-state index contributed by atoms with van der Waals surface area (Å²) < 4.78 is 7.68. The van der Waals surface area contributed by atoms with Crippen LogP contribution in [0.5, 0.6) is 11.6 Å². The van der Waals surface area contributed by atoms with Crippen LogP contribution in [0.15, 0.2) is 67.5 Å². The van der Waals surface area contributed by atoms with Gasteiger partial charge in [0.1, 0.15) is 30.5 Å². The first-order valence-corrected chi connectivity index (χ1v) is 11.7. The van der Waals surface area contributed by atoms with Crippen molar-refractivity contribution in [3.05, 3.63) is 78.6 Å². The Morgan fingerprint density at radius 1 is 1.05 bits per heavy atom. The number of aryl methyl sites for hydroxylation is 1. The quantitative estimate of drug-likeness (QED) is 0.291. The number of ether oxygens (including phenoxy) is 1. The lowest BCUT2D eigenvalue weighted by molar-refractivity contribution is 0.242. The molecule has 2 aromatic carbocycles. The number of nitrogens with one attached hydrogen (secondary N) is 3. The third-order valence-corrected chi connectivity index (χ3v) is 5.50. The second kappa shape index (κ2) is 10.7. The lowest BCUT2D eigenvalue weighted by Crippen LogP contribution is -2.35. The molecule has 37 heavy (non-hydrogen) atoms. The summed E-state index contributed by atoms with van der Waals surface area (Å²) >= 11 is 0. The van der Waals surface area contributed by atoms with Gasteiger partial charge in [-0.2, -0.15) is 0 Å². The molecule has 3 heterocycles. The highest BCUT2D eigenvalue weighted by Crippen LogP contribution is 2.29. The topological polar surface area (TPSA) is 131 Å². The van der Waals surface area contributed by atoms with Gasteiger partial charge >= 0.3 is 6.03 Å². The number of rotatable bonds is 8. The molecule has 0 unspecified atom stereocenters. The van der Waals surface area contributed by atoms with Crippen LogP contribution in [-0.2, 0) is 0 Å². The van der Waals surface area contributed by atoms with Crippen molar-refractivity contribution >= 4 is 40.2 Å². The predicted octanol–water partition coefficient (Wildman–Crippen LogP) is 4.24. The first-order chi connectivity index (χ1) is 18.1. The molecule has 0 saturated heterocycles. The molecule has 0 aliphatic rings. The minimum Gasteiger partial charge on any atom is -0.439 e. The Kier molecular flexibility index (Phi) is 6.84. The molecule has 3 aromatic heterocycles. The number of carbonyl (C=O) groups is 1. The van der Waals surface area contributed by atoms with E-state index in [0.717, 1.165) is 27.7 Å². The van der Waals surface area contributed by atoms with Gasteiger partial charge in [0.05, 0.1) is 5.52 Å². The third kappa shape index (κ3) is 5.61. The van der Waals surface area contributed by atoms with Crippen molar-refractivity contribution in [2.75, 3.05) is 18.4 Å². The highest BCUT2D eigenvalue weighted by molar-refractivity contribution is 5.92. The van der Waals surface area contributed by atoms with E-state index in [1.807, 2.05) is 62.4 Å². The van der Waals surface area contributed by atoms with Gasteiger partial charge in [0.25, 0.3) is 0 Å². The van der Waals surface area contributed by atoms with Gasteiger partial charge < -0.3 is 20.7 Å². The summed E-state index contributed by atoms with van der Waals surface area (Å²) in [7, 11) is 0. The molecular weight excluding hydrogens is 470 g/mol. The minimum absolute atomic E-state index is 0.190. The summed E-state index contributed by atoms with van der Waals surface area (Å²) in [6.07, 6.45) is 8.57. The standard InChI is InChI=1S/C26H25N9O2/c1-3-27-26(36)28-10-4-5-18-6-8-21-20(12-18)25(30-14-29-21)33-19-7-9-22(17(2)11-19)37-24-13-23-34-32-16-35(23)15-31-24/h4-9,11-16H,3,10H2,1-2H3,(H2,27,28,36)(H,29,30,33)/b5-4+. The summed E-state index contributed by atoms with van der Waals surface area (Å²) in [5.41, 5.74) is 4.23. The molecule has 5 rings (SSSR count). The lowest BCUT2D eigenvalue weighted by Gasteiger charge is -2.12. The highest BCUT2D eigenvalue weighted by Gasteiger charge is 2.09. The summed E-state index contributed by atoms with van der Waals surface area (Å²) in [6.45, 7) is 4.85. The Balaban J connectivity index is 1.31.